The summed E-state index contributed by atoms with van der Waals surface area (Å²) >= 11 is 1.70. The summed E-state index contributed by atoms with van der Waals surface area (Å²) in [6, 6.07) is 20.0. The Morgan fingerprint density at radius 1 is 1.00 bits per heavy atom. The lowest BCUT2D eigenvalue weighted by atomic mass is 10.1. The molecule has 0 radical (unpaired) electrons. The largest absolute Gasteiger partial charge is 0.345 e. The van der Waals surface area contributed by atoms with Crippen molar-refractivity contribution in [3.05, 3.63) is 71.8 Å². The second kappa shape index (κ2) is 6.84. The minimum atomic E-state index is 0.0281. The van der Waals surface area contributed by atoms with Crippen molar-refractivity contribution in [2.75, 3.05) is 14.1 Å². The molecule has 2 aromatic carbocycles. The smallest absolute Gasteiger partial charge is 0.253 e. The van der Waals surface area contributed by atoms with Crippen LogP contribution in [0.25, 0.3) is 10.9 Å². The standard InChI is InChI=1S/C19H18N2OS/c1-21(2)19(22)16-9-7-14(8-10-16)13-23-18-12-11-15-5-3-4-6-17(15)20-18/h3-12H,13H2,1-2H3. The number of fused-ring (bicyclic) bond motifs is 1. The second-order valence-corrected chi connectivity index (χ2v) is 6.52. The molecule has 3 nitrogen and oxygen atoms in total. The van der Waals surface area contributed by atoms with E-state index in [1.54, 1.807) is 30.8 Å². The molecule has 0 unspecified atom stereocenters. The molecule has 0 N–H and O–H groups in total. The normalized spacial score (nSPS) is 10.7. The average Bonchev–Trinajstić information content (AvgIpc) is 2.59. The van der Waals surface area contributed by atoms with Crippen LogP contribution in [-0.2, 0) is 5.75 Å². The zero-order valence-electron chi connectivity index (χ0n) is 13.2. The molecule has 0 saturated heterocycles. The van der Waals surface area contributed by atoms with Gasteiger partial charge in [0.15, 0.2) is 0 Å². The summed E-state index contributed by atoms with van der Waals surface area (Å²) in [5.41, 5.74) is 2.91. The molecule has 23 heavy (non-hydrogen) atoms. The number of hydrogen-bond donors (Lipinski definition) is 0. The first kappa shape index (κ1) is 15.6. The predicted molar refractivity (Wildman–Crippen MR) is 95.8 cm³/mol. The van der Waals surface area contributed by atoms with Crippen molar-refractivity contribution in [3.63, 3.8) is 0 Å². The highest BCUT2D eigenvalue weighted by Crippen LogP contribution is 2.23. The molecule has 1 heterocycles. The lowest BCUT2D eigenvalue weighted by molar-refractivity contribution is 0.0827. The topological polar surface area (TPSA) is 33.2 Å². The van der Waals surface area contributed by atoms with E-state index in [-0.39, 0.29) is 5.91 Å². The molecular weight excluding hydrogens is 304 g/mol. The summed E-state index contributed by atoms with van der Waals surface area (Å²) < 4.78 is 0. The van der Waals surface area contributed by atoms with Gasteiger partial charge in [-0.2, -0.15) is 0 Å². The van der Waals surface area contributed by atoms with Gasteiger partial charge in [-0.25, -0.2) is 4.98 Å². The van der Waals surface area contributed by atoms with E-state index in [1.807, 2.05) is 42.5 Å². The molecule has 0 aliphatic carbocycles. The van der Waals surface area contributed by atoms with E-state index in [9.17, 15) is 4.79 Å². The maximum absolute atomic E-state index is 11.9. The molecule has 4 heteroatoms. The highest BCUT2D eigenvalue weighted by molar-refractivity contribution is 7.98. The quantitative estimate of drug-likeness (QED) is 0.674. The SMILES string of the molecule is CN(C)C(=O)c1ccc(CSc2ccc3ccccc3n2)cc1. The van der Waals surface area contributed by atoms with Crippen LogP contribution in [0.15, 0.2) is 65.7 Å². The fraction of sp³-hybridized carbons (Fsp3) is 0.158. The van der Waals surface area contributed by atoms with Gasteiger partial charge >= 0.3 is 0 Å². The number of benzene rings is 2. The fourth-order valence-electron chi connectivity index (χ4n) is 2.29. The van der Waals surface area contributed by atoms with Gasteiger partial charge in [0.25, 0.3) is 5.91 Å². The Morgan fingerprint density at radius 2 is 1.74 bits per heavy atom. The molecule has 3 rings (SSSR count). The number of aromatic nitrogens is 1. The molecule has 0 atom stereocenters. The number of thioether (sulfide) groups is 1. The number of pyridine rings is 1. The number of rotatable bonds is 4. The van der Waals surface area contributed by atoms with E-state index in [0.717, 1.165) is 21.7 Å². The summed E-state index contributed by atoms with van der Waals surface area (Å²) in [5, 5.41) is 2.17. The minimum absolute atomic E-state index is 0.0281. The lowest BCUT2D eigenvalue weighted by Crippen LogP contribution is -2.21. The van der Waals surface area contributed by atoms with E-state index in [0.29, 0.717) is 5.56 Å². The van der Waals surface area contributed by atoms with Crippen LogP contribution in [-0.4, -0.2) is 29.9 Å². The van der Waals surface area contributed by atoms with Gasteiger partial charge in [0.2, 0.25) is 0 Å². The number of hydrogen-bond acceptors (Lipinski definition) is 3. The Balaban J connectivity index is 1.68. The first-order valence-electron chi connectivity index (χ1n) is 7.43. The Hall–Kier alpha value is -2.33. The molecule has 1 aromatic heterocycles. The summed E-state index contributed by atoms with van der Waals surface area (Å²) in [6.07, 6.45) is 0. The third-order valence-corrected chi connectivity index (χ3v) is 4.57. The Labute approximate surface area is 140 Å². The van der Waals surface area contributed by atoms with Gasteiger partial charge in [-0.3, -0.25) is 4.79 Å². The lowest BCUT2D eigenvalue weighted by Gasteiger charge is -2.10. The van der Waals surface area contributed by atoms with E-state index < -0.39 is 0 Å². The van der Waals surface area contributed by atoms with Crippen LogP contribution >= 0.6 is 11.8 Å². The van der Waals surface area contributed by atoms with Crippen LogP contribution in [0.3, 0.4) is 0 Å². The second-order valence-electron chi connectivity index (χ2n) is 5.53. The van der Waals surface area contributed by atoms with Crippen molar-refractivity contribution < 1.29 is 4.79 Å². The average molecular weight is 322 g/mol. The molecular formula is C19H18N2OS. The maximum Gasteiger partial charge on any atom is 0.253 e. The van der Waals surface area contributed by atoms with E-state index in [1.165, 1.54) is 5.56 Å². The zero-order chi connectivity index (χ0) is 16.2. The summed E-state index contributed by atoms with van der Waals surface area (Å²) in [4.78, 5) is 18.1. The Kier molecular flexibility index (Phi) is 4.63. The highest BCUT2D eigenvalue weighted by Gasteiger charge is 2.07. The van der Waals surface area contributed by atoms with Gasteiger partial charge in [-0.05, 0) is 29.8 Å². The van der Waals surface area contributed by atoms with E-state index in [4.69, 9.17) is 0 Å². The molecule has 0 fully saturated rings. The minimum Gasteiger partial charge on any atom is -0.345 e. The summed E-state index contributed by atoms with van der Waals surface area (Å²) in [5.74, 6) is 0.863. The van der Waals surface area contributed by atoms with Crippen molar-refractivity contribution in [3.8, 4) is 0 Å². The first-order valence-corrected chi connectivity index (χ1v) is 8.41. The number of para-hydroxylation sites is 1. The molecule has 0 aliphatic rings. The van der Waals surface area contributed by atoms with Crippen LogP contribution < -0.4 is 0 Å². The third kappa shape index (κ3) is 3.71. The molecule has 0 bridgehead atoms. The molecule has 1 amide bonds. The van der Waals surface area contributed by atoms with Crippen LogP contribution in [0.4, 0.5) is 0 Å². The number of carbonyl (C=O) groups excluding carboxylic acids is 1. The zero-order valence-corrected chi connectivity index (χ0v) is 14.0. The van der Waals surface area contributed by atoms with Gasteiger partial charge in [-0.1, -0.05) is 36.4 Å². The molecule has 0 spiro atoms. The third-order valence-electron chi connectivity index (χ3n) is 3.57. The molecule has 0 aliphatic heterocycles. The van der Waals surface area contributed by atoms with E-state index >= 15 is 0 Å². The van der Waals surface area contributed by atoms with Crippen LogP contribution in [0.1, 0.15) is 15.9 Å². The van der Waals surface area contributed by atoms with Crippen molar-refractivity contribution in [2.24, 2.45) is 0 Å². The highest BCUT2D eigenvalue weighted by atomic mass is 32.2. The predicted octanol–water partition coefficient (Wildman–Crippen LogP) is 4.23. The van der Waals surface area contributed by atoms with E-state index in [2.05, 4.69) is 23.2 Å². The van der Waals surface area contributed by atoms with Crippen LogP contribution in [0.5, 0.6) is 0 Å². The van der Waals surface area contributed by atoms with Crippen LogP contribution in [0.2, 0.25) is 0 Å². The molecule has 0 saturated carbocycles. The molecule has 116 valence electrons. The summed E-state index contributed by atoms with van der Waals surface area (Å²) in [7, 11) is 3.52. The fourth-order valence-corrected chi connectivity index (χ4v) is 3.12. The van der Waals surface area contributed by atoms with Gasteiger partial charge in [0.05, 0.1) is 10.5 Å². The van der Waals surface area contributed by atoms with Gasteiger partial charge in [0, 0.05) is 30.8 Å². The molecule has 3 aromatic rings. The maximum atomic E-state index is 11.9. The monoisotopic (exact) mass is 322 g/mol. The van der Waals surface area contributed by atoms with Crippen LogP contribution in [0, 0.1) is 0 Å². The summed E-state index contributed by atoms with van der Waals surface area (Å²) in [6.45, 7) is 0. The number of carbonyl (C=O) groups is 1. The van der Waals surface area contributed by atoms with Crippen molar-refractivity contribution in [1.82, 2.24) is 9.88 Å². The van der Waals surface area contributed by atoms with Gasteiger partial charge in [0.1, 0.15) is 0 Å². The number of nitrogens with zero attached hydrogens (tertiary/aromatic N) is 2. The van der Waals surface area contributed by atoms with Crippen molar-refractivity contribution >= 4 is 28.6 Å². The van der Waals surface area contributed by atoms with Gasteiger partial charge < -0.3 is 4.90 Å². The first-order chi connectivity index (χ1) is 11.1. The Bertz CT molecular complexity index is 828. The van der Waals surface area contributed by atoms with Crippen molar-refractivity contribution in [1.29, 1.82) is 0 Å². The van der Waals surface area contributed by atoms with Gasteiger partial charge in [-0.15, -0.1) is 11.8 Å². The van der Waals surface area contributed by atoms with Crippen molar-refractivity contribution in [2.45, 2.75) is 10.8 Å². The Morgan fingerprint density at radius 3 is 2.48 bits per heavy atom. The number of amides is 1.